The molecule has 0 spiro atoms. The second kappa shape index (κ2) is 5.97. The molecular formula is C11H15IO3S. The van der Waals surface area contributed by atoms with Crippen LogP contribution in [0.15, 0.2) is 29.2 Å². The van der Waals surface area contributed by atoms with Gasteiger partial charge in [0.25, 0.3) is 10.1 Å². The molecular weight excluding hydrogens is 339 g/mol. The van der Waals surface area contributed by atoms with E-state index in [0.717, 1.165) is 24.8 Å². The van der Waals surface area contributed by atoms with E-state index in [2.05, 4.69) is 29.5 Å². The highest BCUT2D eigenvalue weighted by molar-refractivity contribution is 14.1. The molecule has 0 amide bonds. The van der Waals surface area contributed by atoms with Crippen molar-refractivity contribution in [3.8, 4) is 0 Å². The van der Waals surface area contributed by atoms with Crippen molar-refractivity contribution in [1.29, 1.82) is 0 Å². The van der Waals surface area contributed by atoms with Gasteiger partial charge in [-0.25, -0.2) is 0 Å². The molecule has 1 atom stereocenters. The van der Waals surface area contributed by atoms with Crippen LogP contribution in [0.4, 0.5) is 0 Å². The van der Waals surface area contributed by atoms with Crippen LogP contribution in [-0.2, 0) is 16.5 Å². The molecule has 0 radical (unpaired) electrons. The molecule has 0 aliphatic rings. The lowest BCUT2D eigenvalue weighted by molar-refractivity contribution is 0.483. The maximum atomic E-state index is 10.8. The average molecular weight is 354 g/mol. The van der Waals surface area contributed by atoms with E-state index in [1.807, 2.05) is 0 Å². The van der Waals surface area contributed by atoms with E-state index in [0.29, 0.717) is 3.92 Å². The number of hydrogen-bond acceptors (Lipinski definition) is 2. The molecule has 16 heavy (non-hydrogen) atoms. The Balaban J connectivity index is 2.72. The van der Waals surface area contributed by atoms with E-state index < -0.39 is 10.1 Å². The van der Waals surface area contributed by atoms with E-state index in [-0.39, 0.29) is 4.90 Å². The second-order valence-electron chi connectivity index (χ2n) is 3.71. The van der Waals surface area contributed by atoms with Gasteiger partial charge in [-0.2, -0.15) is 8.42 Å². The SMILES string of the molecule is CCCC(I)Cc1ccc(S(=O)(=O)O)cc1. The van der Waals surface area contributed by atoms with Crippen LogP contribution in [0.3, 0.4) is 0 Å². The van der Waals surface area contributed by atoms with E-state index in [1.54, 1.807) is 12.1 Å². The quantitative estimate of drug-likeness (QED) is 0.502. The minimum atomic E-state index is -4.06. The highest BCUT2D eigenvalue weighted by atomic mass is 127. The minimum absolute atomic E-state index is 0.0447. The summed E-state index contributed by atoms with van der Waals surface area (Å²) in [7, 11) is -4.06. The Morgan fingerprint density at radius 2 is 1.88 bits per heavy atom. The molecule has 1 N–H and O–H groups in total. The molecule has 0 aliphatic carbocycles. The summed E-state index contributed by atoms with van der Waals surface area (Å²) in [6.45, 7) is 2.15. The molecule has 0 bridgehead atoms. The molecule has 3 nitrogen and oxygen atoms in total. The van der Waals surface area contributed by atoms with Crippen LogP contribution in [0.1, 0.15) is 25.3 Å². The van der Waals surface area contributed by atoms with Crippen molar-refractivity contribution >= 4 is 32.7 Å². The van der Waals surface area contributed by atoms with Crippen molar-refractivity contribution in [2.75, 3.05) is 0 Å². The van der Waals surface area contributed by atoms with Crippen LogP contribution in [0.5, 0.6) is 0 Å². The number of rotatable bonds is 5. The average Bonchev–Trinajstić information content (AvgIpc) is 2.17. The van der Waals surface area contributed by atoms with Gasteiger partial charge in [-0.15, -0.1) is 0 Å². The Morgan fingerprint density at radius 3 is 2.31 bits per heavy atom. The summed E-state index contributed by atoms with van der Waals surface area (Å²) in [5.74, 6) is 0. The van der Waals surface area contributed by atoms with Gasteiger partial charge in [0.15, 0.2) is 0 Å². The lowest BCUT2D eigenvalue weighted by Crippen LogP contribution is -2.03. The molecule has 1 unspecified atom stereocenters. The Labute approximate surface area is 110 Å². The van der Waals surface area contributed by atoms with Crippen LogP contribution in [-0.4, -0.2) is 16.9 Å². The zero-order valence-electron chi connectivity index (χ0n) is 9.06. The fourth-order valence-corrected chi connectivity index (χ4v) is 3.08. The van der Waals surface area contributed by atoms with Crippen LogP contribution in [0.25, 0.3) is 0 Å². The normalized spacial score (nSPS) is 13.7. The van der Waals surface area contributed by atoms with Crippen molar-refractivity contribution in [1.82, 2.24) is 0 Å². The molecule has 0 aromatic heterocycles. The van der Waals surface area contributed by atoms with Gasteiger partial charge in [-0.3, -0.25) is 4.55 Å². The first-order valence-corrected chi connectivity index (χ1v) is 7.82. The highest BCUT2D eigenvalue weighted by Crippen LogP contribution is 2.17. The molecule has 0 heterocycles. The van der Waals surface area contributed by atoms with Gasteiger partial charge in [0, 0.05) is 3.92 Å². The lowest BCUT2D eigenvalue weighted by atomic mass is 10.1. The third-order valence-electron chi connectivity index (χ3n) is 2.28. The Bertz CT molecular complexity index is 425. The van der Waals surface area contributed by atoms with Gasteiger partial charge in [0.2, 0.25) is 0 Å². The van der Waals surface area contributed by atoms with Gasteiger partial charge >= 0.3 is 0 Å². The second-order valence-corrected chi connectivity index (χ2v) is 6.89. The number of alkyl halides is 1. The monoisotopic (exact) mass is 354 g/mol. The summed E-state index contributed by atoms with van der Waals surface area (Å²) in [5.41, 5.74) is 1.10. The molecule has 1 rings (SSSR count). The maximum Gasteiger partial charge on any atom is 0.294 e. The van der Waals surface area contributed by atoms with Crippen molar-refractivity contribution in [2.45, 2.75) is 35.0 Å². The van der Waals surface area contributed by atoms with Gasteiger partial charge < -0.3 is 0 Å². The van der Waals surface area contributed by atoms with Crippen LogP contribution >= 0.6 is 22.6 Å². The number of benzene rings is 1. The van der Waals surface area contributed by atoms with Crippen LogP contribution in [0.2, 0.25) is 0 Å². The summed E-state index contributed by atoms with van der Waals surface area (Å²) in [4.78, 5) is -0.0447. The third kappa shape index (κ3) is 4.39. The fraction of sp³-hybridized carbons (Fsp3) is 0.455. The van der Waals surface area contributed by atoms with Crippen molar-refractivity contribution < 1.29 is 13.0 Å². The van der Waals surface area contributed by atoms with Crippen LogP contribution in [0, 0.1) is 0 Å². The summed E-state index contributed by atoms with van der Waals surface area (Å²) in [5, 5.41) is 0. The smallest absolute Gasteiger partial charge is 0.282 e. The Morgan fingerprint density at radius 1 is 1.31 bits per heavy atom. The summed E-state index contributed by atoms with van der Waals surface area (Å²) in [6, 6.07) is 6.40. The number of halogens is 1. The largest absolute Gasteiger partial charge is 0.294 e. The first-order valence-electron chi connectivity index (χ1n) is 5.14. The molecule has 90 valence electrons. The molecule has 5 heteroatoms. The molecule has 0 aliphatic heterocycles. The predicted octanol–water partition coefficient (Wildman–Crippen LogP) is 3.08. The minimum Gasteiger partial charge on any atom is -0.282 e. The molecule has 0 saturated heterocycles. The molecule has 1 aromatic rings. The first-order chi connectivity index (χ1) is 7.43. The van der Waals surface area contributed by atoms with E-state index in [4.69, 9.17) is 4.55 Å². The van der Waals surface area contributed by atoms with Gasteiger partial charge in [-0.05, 0) is 30.5 Å². The van der Waals surface area contributed by atoms with Gasteiger partial charge in [0.05, 0.1) is 4.90 Å². The first kappa shape index (κ1) is 13.9. The summed E-state index contributed by atoms with van der Waals surface area (Å²) in [6.07, 6.45) is 3.23. The maximum absolute atomic E-state index is 10.8. The fourth-order valence-electron chi connectivity index (χ4n) is 1.47. The van der Waals surface area contributed by atoms with Crippen molar-refractivity contribution in [3.63, 3.8) is 0 Å². The zero-order valence-corrected chi connectivity index (χ0v) is 12.0. The highest BCUT2D eigenvalue weighted by Gasteiger charge is 2.09. The number of hydrogen-bond donors (Lipinski definition) is 1. The zero-order chi connectivity index (χ0) is 12.2. The standard InChI is InChI=1S/C11H15IO3S/c1-2-3-10(12)8-9-4-6-11(7-5-9)16(13,14)15/h4-7,10H,2-3,8H2,1H3,(H,13,14,15). The van der Waals surface area contributed by atoms with Gasteiger partial charge in [-0.1, -0.05) is 48.1 Å². The lowest BCUT2D eigenvalue weighted by Gasteiger charge is -2.08. The molecule has 0 fully saturated rings. The topological polar surface area (TPSA) is 54.4 Å². The van der Waals surface area contributed by atoms with E-state index >= 15 is 0 Å². The van der Waals surface area contributed by atoms with Gasteiger partial charge in [0.1, 0.15) is 0 Å². The Kier molecular flexibility index (Phi) is 5.20. The summed E-state index contributed by atoms with van der Waals surface area (Å²) >= 11 is 2.40. The Hall–Kier alpha value is -0.140. The van der Waals surface area contributed by atoms with Crippen molar-refractivity contribution in [3.05, 3.63) is 29.8 Å². The third-order valence-corrected chi connectivity index (χ3v) is 4.21. The van der Waals surface area contributed by atoms with E-state index in [1.165, 1.54) is 12.1 Å². The van der Waals surface area contributed by atoms with Crippen molar-refractivity contribution in [2.24, 2.45) is 0 Å². The summed E-state index contributed by atoms with van der Waals surface area (Å²) < 4.78 is 31.0. The molecule has 1 aromatic carbocycles. The molecule has 0 saturated carbocycles. The van der Waals surface area contributed by atoms with Crippen LogP contribution < -0.4 is 0 Å². The predicted molar refractivity (Wildman–Crippen MR) is 72.7 cm³/mol. The van der Waals surface area contributed by atoms with E-state index in [9.17, 15) is 8.42 Å².